The van der Waals surface area contributed by atoms with Gasteiger partial charge in [0.1, 0.15) is 13.3 Å². The lowest BCUT2D eigenvalue weighted by molar-refractivity contribution is -0.145. The van der Waals surface area contributed by atoms with Crippen LogP contribution in [0.1, 0.15) is 25.7 Å². The summed E-state index contributed by atoms with van der Waals surface area (Å²) in [6.45, 7) is -0.448. The molecule has 0 aromatic heterocycles. The second kappa shape index (κ2) is 5.17. The van der Waals surface area contributed by atoms with Gasteiger partial charge in [-0.2, -0.15) is 0 Å². The summed E-state index contributed by atoms with van der Waals surface area (Å²) in [6, 6.07) is 0. The molecule has 0 aliphatic carbocycles. The Hall–Kier alpha value is -2.25. The summed E-state index contributed by atoms with van der Waals surface area (Å²) in [7, 11) is 0. The molecule has 19 heavy (non-hydrogen) atoms. The van der Waals surface area contributed by atoms with Gasteiger partial charge in [0, 0.05) is 25.7 Å². The molecule has 0 N–H and O–H groups in total. The molecule has 0 atom stereocenters. The molecule has 0 radical (unpaired) electrons. The maximum absolute atomic E-state index is 11.4. The van der Waals surface area contributed by atoms with Crippen LogP contribution in [0.3, 0.4) is 0 Å². The van der Waals surface area contributed by atoms with E-state index in [0.717, 1.165) is 14.7 Å². The molecule has 0 aromatic rings. The summed E-state index contributed by atoms with van der Waals surface area (Å²) in [5, 5.41) is 0. The zero-order valence-corrected chi connectivity index (χ0v) is 10.2. The number of hydrogen-bond donors (Lipinski definition) is 0. The summed E-state index contributed by atoms with van der Waals surface area (Å²) in [6.07, 6.45) is 0.943. The van der Waals surface area contributed by atoms with E-state index in [0.29, 0.717) is 6.41 Å². The molecule has 0 bridgehead atoms. The number of rotatable bonds is 5. The van der Waals surface area contributed by atoms with E-state index in [1.807, 2.05) is 0 Å². The molecule has 8 nitrogen and oxygen atoms in total. The average Bonchev–Trinajstić information content (AvgIpc) is 2.87. The molecule has 5 amide bonds. The van der Waals surface area contributed by atoms with E-state index < -0.39 is 0 Å². The molecule has 2 aliphatic heterocycles. The number of nitrogens with zero attached hydrogens (tertiary/aromatic N) is 3. The molecule has 2 heterocycles. The van der Waals surface area contributed by atoms with Gasteiger partial charge in [0.25, 0.3) is 0 Å². The number of imide groups is 2. The fourth-order valence-corrected chi connectivity index (χ4v) is 2.04. The van der Waals surface area contributed by atoms with Gasteiger partial charge in [-0.3, -0.25) is 33.8 Å². The Bertz CT molecular complexity index is 391. The third kappa shape index (κ3) is 2.61. The van der Waals surface area contributed by atoms with Crippen molar-refractivity contribution < 1.29 is 24.0 Å². The highest BCUT2D eigenvalue weighted by Crippen LogP contribution is 2.14. The number of likely N-dealkylation sites (tertiary alicyclic amines) is 2. The van der Waals surface area contributed by atoms with Crippen molar-refractivity contribution in [3.8, 4) is 0 Å². The van der Waals surface area contributed by atoms with Gasteiger partial charge in [-0.05, 0) is 0 Å². The number of carbonyl (C=O) groups is 5. The standard InChI is InChI=1S/C11H13N3O5/c15-7-12(5-13-8(16)1-2-9(13)17)6-14-10(18)3-4-11(14)19/h7H,1-6H2. The minimum absolute atomic E-state index is 0.132. The molecule has 0 saturated carbocycles. The Morgan fingerprint density at radius 3 is 1.37 bits per heavy atom. The van der Waals surface area contributed by atoms with E-state index in [9.17, 15) is 24.0 Å². The van der Waals surface area contributed by atoms with Crippen LogP contribution < -0.4 is 0 Å². The second-order valence-corrected chi connectivity index (χ2v) is 4.41. The predicted molar refractivity (Wildman–Crippen MR) is 59.8 cm³/mol. The summed E-state index contributed by atoms with van der Waals surface area (Å²) in [5.41, 5.74) is 0. The average molecular weight is 267 g/mol. The molecular formula is C11H13N3O5. The first-order valence-corrected chi connectivity index (χ1v) is 5.88. The van der Waals surface area contributed by atoms with Crippen molar-refractivity contribution in [1.29, 1.82) is 0 Å². The molecule has 2 rings (SSSR count). The fourth-order valence-electron chi connectivity index (χ4n) is 2.04. The third-order valence-corrected chi connectivity index (χ3v) is 3.10. The van der Waals surface area contributed by atoms with Crippen LogP contribution in [-0.2, 0) is 24.0 Å². The largest absolute Gasteiger partial charge is 0.309 e. The van der Waals surface area contributed by atoms with Crippen LogP contribution in [0.2, 0.25) is 0 Å². The van der Waals surface area contributed by atoms with Crippen molar-refractivity contribution in [2.75, 3.05) is 13.3 Å². The van der Waals surface area contributed by atoms with Crippen LogP contribution in [0.15, 0.2) is 0 Å². The van der Waals surface area contributed by atoms with E-state index in [1.165, 1.54) is 0 Å². The molecule has 8 heteroatoms. The van der Waals surface area contributed by atoms with Crippen molar-refractivity contribution >= 4 is 30.0 Å². The maximum atomic E-state index is 11.4. The quantitative estimate of drug-likeness (QED) is 0.453. The van der Waals surface area contributed by atoms with Crippen LogP contribution in [-0.4, -0.2) is 58.1 Å². The topological polar surface area (TPSA) is 95.1 Å². The van der Waals surface area contributed by atoms with Crippen LogP contribution in [0.25, 0.3) is 0 Å². The van der Waals surface area contributed by atoms with E-state index in [-0.39, 0.29) is 62.6 Å². The van der Waals surface area contributed by atoms with Crippen LogP contribution >= 0.6 is 0 Å². The first-order valence-electron chi connectivity index (χ1n) is 5.88. The van der Waals surface area contributed by atoms with Crippen LogP contribution in [0.5, 0.6) is 0 Å². The summed E-state index contributed by atoms with van der Waals surface area (Å²) in [5.74, 6) is -1.40. The van der Waals surface area contributed by atoms with Crippen molar-refractivity contribution in [2.24, 2.45) is 0 Å². The smallest absolute Gasteiger partial charge is 0.231 e. The lowest BCUT2D eigenvalue weighted by atomic mass is 10.4. The second-order valence-electron chi connectivity index (χ2n) is 4.41. The van der Waals surface area contributed by atoms with Gasteiger partial charge in [0.05, 0.1) is 0 Å². The number of hydrogen-bond acceptors (Lipinski definition) is 5. The molecule has 0 unspecified atom stereocenters. The zero-order valence-electron chi connectivity index (χ0n) is 10.2. The van der Waals surface area contributed by atoms with Gasteiger partial charge in [0.2, 0.25) is 30.0 Å². The minimum Gasteiger partial charge on any atom is -0.309 e. The molecule has 2 saturated heterocycles. The Labute approximate surface area is 108 Å². The van der Waals surface area contributed by atoms with Crippen molar-refractivity contribution in [3.63, 3.8) is 0 Å². The summed E-state index contributed by atoms with van der Waals surface area (Å²) >= 11 is 0. The summed E-state index contributed by atoms with van der Waals surface area (Å²) in [4.78, 5) is 59.6. The lowest BCUT2D eigenvalue weighted by Crippen LogP contribution is -2.46. The van der Waals surface area contributed by atoms with Gasteiger partial charge in [-0.15, -0.1) is 0 Å². The molecule has 102 valence electrons. The van der Waals surface area contributed by atoms with Crippen molar-refractivity contribution in [2.45, 2.75) is 25.7 Å². The molecule has 0 spiro atoms. The fraction of sp³-hybridized carbons (Fsp3) is 0.545. The van der Waals surface area contributed by atoms with E-state index in [4.69, 9.17) is 0 Å². The van der Waals surface area contributed by atoms with Gasteiger partial charge >= 0.3 is 0 Å². The van der Waals surface area contributed by atoms with Crippen molar-refractivity contribution in [3.05, 3.63) is 0 Å². The van der Waals surface area contributed by atoms with Gasteiger partial charge in [-0.25, -0.2) is 0 Å². The van der Waals surface area contributed by atoms with Crippen molar-refractivity contribution in [1.82, 2.24) is 14.7 Å². The van der Waals surface area contributed by atoms with Crippen LogP contribution in [0.4, 0.5) is 0 Å². The molecule has 0 aromatic carbocycles. The first-order chi connectivity index (χ1) is 9.02. The Morgan fingerprint density at radius 1 is 0.789 bits per heavy atom. The highest BCUT2D eigenvalue weighted by Gasteiger charge is 2.33. The number of carbonyl (C=O) groups excluding carboxylic acids is 5. The molecule has 2 aliphatic rings. The Balaban J connectivity index is 1.99. The highest BCUT2D eigenvalue weighted by atomic mass is 16.2. The Kier molecular flexibility index (Phi) is 3.59. The van der Waals surface area contributed by atoms with Gasteiger partial charge in [0.15, 0.2) is 0 Å². The van der Waals surface area contributed by atoms with E-state index in [2.05, 4.69) is 0 Å². The third-order valence-electron chi connectivity index (χ3n) is 3.10. The van der Waals surface area contributed by atoms with Gasteiger partial charge in [-0.1, -0.05) is 0 Å². The van der Waals surface area contributed by atoms with E-state index in [1.54, 1.807) is 0 Å². The molecular weight excluding hydrogens is 254 g/mol. The normalized spacial score (nSPS) is 19.6. The SMILES string of the molecule is O=CN(CN1C(=O)CCC1=O)CN1C(=O)CCC1=O. The zero-order chi connectivity index (χ0) is 14.0. The Morgan fingerprint density at radius 2 is 1.11 bits per heavy atom. The maximum Gasteiger partial charge on any atom is 0.231 e. The van der Waals surface area contributed by atoms with E-state index >= 15 is 0 Å². The monoisotopic (exact) mass is 267 g/mol. The highest BCUT2D eigenvalue weighted by molar-refractivity contribution is 6.02. The first kappa shape index (κ1) is 13.2. The minimum atomic E-state index is -0.351. The van der Waals surface area contributed by atoms with Crippen LogP contribution in [0, 0.1) is 0 Å². The predicted octanol–water partition coefficient (Wildman–Crippen LogP) is -1.34. The van der Waals surface area contributed by atoms with Gasteiger partial charge < -0.3 is 4.90 Å². The lowest BCUT2D eigenvalue weighted by Gasteiger charge is -2.26. The summed E-state index contributed by atoms with van der Waals surface area (Å²) < 4.78 is 0. The number of amides is 5. The molecule has 2 fully saturated rings.